The van der Waals surface area contributed by atoms with E-state index < -0.39 is 10.8 Å². The molecular weight excluding hydrogens is 404 g/mol. The molecule has 0 aromatic heterocycles. The number of nitro benzene ring substituents is 1. The lowest BCUT2D eigenvalue weighted by molar-refractivity contribution is -0.384. The largest absolute Gasteiger partial charge is 0.325 e. The van der Waals surface area contributed by atoms with Gasteiger partial charge in [-0.05, 0) is 50.3 Å². The highest BCUT2D eigenvalue weighted by Gasteiger charge is 2.36. The Bertz CT molecular complexity index is 1200. The second-order valence-corrected chi connectivity index (χ2v) is 8.22. The second kappa shape index (κ2) is 8.72. The van der Waals surface area contributed by atoms with E-state index in [1.807, 2.05) is 69.6 Å². The predicted octanol–water partition coefficient (Wildman–Crippen LogP) is 4.82. The molecule has 1 unspecified atom stereocenters. The Morgan fingerprint density at radius 1 is 1.06 bits per heavy atom. The van der Waals surface area contributed by atoms with Crippen molar-refractivity contribution < 1.29 is 9.72 Å². The summed E-state index contributed by atoms with van der Waals surface area (Å²) in [4.78, 5) is 30.8. The van der Waals surface area contributed by atoms with Gasteiger partial charge in [0.25, 0.3) is 5.69 Å². The number of nitrogens with zero attached hydrogens (tertiary/aromatic N) is 3. The van der Waals surface area contributed by atoms with Gasteiger partial charge in [0.15, 0.2) is 0 Å². The average Bonchev–Trinajstić information content (AvgIpc) is 3.08. The van der Waals surface area contributed by atoms with Gasteiger partial charge >= 0.3 is 0 Å². The predicted molar refractivity (Wildman–Crippen MR) is 126 cm³/mol. The quantitative estimate of drug-likeness (QED) is 0.346. The summed E-state index contributed by atoms with van der Waals surface area (Å²) in [7, 11) is 4.02. The molecule has 0 radical (unpaired) electrons. The van der Waals surface area contributed by atoms with Crippen LogP contribution in [-0.2, 0) is 11.3 Å². The molecule has 1 amide bonds. The lowest BCUT2D eigenvalue weighted by Gasteiger charge is -2.15. The molecule has 1 atom stereocenters. The van der Waals surface area contributed by atoms with Gasteiger partial charge in [0.1, 0.15) is 5.92 Å². The zero-order chi connectivity index (χ0) is 22.8. The van der Waals surface area contributed by atoms with E-state index in [1.54, 1.807) is 6.07 Å². The van der Waals surface area contributed by atoms with Crippen LogP contribution in [0, 0.1) is 17.0 Å². The highest BCUT2D eigenvalue weighted by atomic mass is 16.6. The minimum atomic E-state index is -0.742. The third-order valence-electron chi connectivity index (χ3n) is 5.38. The molecule has 0 fully saturated rings. The number of aryl methyl sites for hydroxylation is 1. The first kappa shape index (κ1) is 21.4. The van der Waals surface area contributed by atoms with Crippen LogP contribution in [0.4, 0.5) is 17.1 Å². The number of benzene rings is 3. The fraction of sp³-hybridized carbons (Fsp3) is 0.200. The highest BCUT2D eigenvalue weighted by molar-refractivity contribution is 6.24. The van der Waals surface area contributed by atoms with Gasteiger partial charge in [-0.15, -0.1) is 0 Å². The maximum Gasteiger partial charge on any atom is 0.269 e. The third-order valence-corrected chi connectivity index (χ3v) is 5.38. The van der Waals surface area contributed by atoms with Crippen molar-refractivity contribution in [3.8, 4) is 0 Å². The number of carbonyl (C=O) groups is 1. The van der Waals surface area contributed by atoms with Gasteiger partial charge in [0.2, 0.25) is 5.91 Å². The standard InChI is InChI=1S/C25H24N4O3/c1-16-4-8-18(9-5-16)24(26-19-10-6-17(7-11-19)15-28(2)3)23-21-14-20(29(31)32)12-13-22(21)27-25(23)30/h4-14,23H,15H2,1-3H3,(H,27,30). The Labute approximate surface area is 186 Å². The molecule has 1 aliphatic heterocycles. The van der Waals surface area contributed by atoms with E-state index in [9.17, 15) is 14.9 Å². The van der Waals surface area contributed by atoms with E-state index in [0.29, 0.717) is 17.0 Å². The summed E-state index contributed by atoms with van der Waals surface area (Å²) >= 11 is 0. The Balaban J connectivity index is 1.82. The summed E-state index contributed by atoms with van der Waals surface area (Å²) in [5.41, 5.74) is 5.41. The molecule has 1 N–H and O–H groups in total. The summed E-state index contributed by atoms with van der Waals surface area (Å²) in [5, 5.41) is 14.2. The molecule has 1 aliphatic rings. The number of fused-ring (bicyclic) bond motifs is 1. The van der Waals surface area contributed by atoms with Crippen molar-refractivity contribution in [3.63, 3.8) is 0 Å². The number of carbonyl (C=O) groups excluding carboxylic acids is 1. The minimum Gasteiger partial charge on any atom is -0.325 e. The van der Waals surface area contributed by atoms with Gasteiger partial charge in [0.05, 0.1) is 16.3 Å². The van der Waals surface area contributed by atoms with Crippen LogP contribution in [0.1, 0.15) is 28.2 Å². The molecule has 162 valence electrons. The molecule has 0 bridgehead atoms. The molecule has 0 saturated heterocycles. The van der Waals surface area contributed by atoms with Crippen molar-refractivity contribution in [1.82, 2.24) is 4.90 Å². The lowest BCUT2D eigenvalue weighted by Crippen LogP contribution is -2.22. The number of rotatable bonds is 6. The van der Waals surface area contributed by atoms with Gasteiger partial charge in [-0.25, -0.2) is 0 Å². The SMILES string of the molecule is Cc1ccc(C(=Nc2ccc(CN(C)C)cc2)C2C(=O)Nc3ccc([N+](=O)[O-])cc32)cc1. The number of anilines is 1. The average molecular weight is 428 g/mol. The van der Waals surface area contributed by atoms with Crippen molar-refractivity contribution >= 4 is 28.7 Å². The van der Waals surface area contributed by atoms with Gasteiger partial charge in [-0.1, -0.05) is 42.0 Å². The Kier molecular flexibility index (Phi) is 5.83. The first-order valence-electron chi connectivity index (χ1n) is 10.3. The van der Waals surface area contributed by atoms with Crippen LogP contribution < -0.4 is 5.32 Å². The highest BCUT2D eigenvalue weighted by Crippen LogP contribution is 2.38. The fourth-order valence-corrected chi connectivity index (χ4v) is 3.83. The van der Waals surface area contributed by atoms with E-state index >= 15 is 0 Å². The summed E-state index contributed by atoms with van der Waals surface area (Å²) in [5.74, 6) is -0.988. The number of amides is 1. The number of aliphatic imine (C=N–C) groups is 1. The minimum absolute atomic E-state index is 0.0541. The molecular formula is C25H24N4O3. The monoisotopic (exact) mass is 428 g/mol. The van der Waals surface area contributed by atoms with Crippen LogP contribution >= 0.6 is 0 Å². The van der Waals surface area contributed by atoms with Crippen LogP contribution in [0.2, 0.25) is 0 Å². The van der Waals surface area contributed by atoms with E-state index in [-0.39, 0.29) is 11.6 Å². The molecule has 7 nitrogen and oxygen atoms in total. The van der Waals surface area contributed by atoms with E-state index in [2.05, 4.69) is 10.2 Å². The number of hydrogen-bond acceptors (Lipinski definition) is 5. The van der Waals surface area contributed by atoms with Crippen LogP contribution in [0.5, 0.6) is 0 Å². The fourth-order valence-electron chi connectivity index (χ4n) is 3.83. The van der Waals surface area contributed by atoms with Gasteiger partial charge in [0, 0.05) is 29.9 Å². The zero-order valence-electron chi connectivity index (χ0n) is 18.2. The number of nitrogens with one attached hydrogen (secondary N) is 1. The van der Waals surface area contributed by atoms with E-state index in [4.69, 9.17) is 4.99 Å². The molecule has 32 heavy (non-hydrogen) atoms. The Morgan fingerprint density at radius 2 is 1.75 bits per heavy atom. The molecule has 0 aliphatic carbocycles. The Morgan fingerprint density at radius 3 is 2.38 bits per heavy atom. The van der Waals surface area contributed by atoms with Crippen LogP contribution in [0.3, 0.4) is 0 Å². The van der Waals surface area contributed by atoms with Crippen molar-refractivity contribution in [2.45, 2.75) is 19.4 Å². The van der Waals surface area contributed by atoms with Gasteiger partial charge in [-0.2, -0.15) is 0 Å². The molecule has 0 spiro atoms. The van der Waals surface area contributed by atoms with Crippen LogP contribution in [0.15, 0.2) is 71.7 Å². The first-order valence-corrected chi connectivity index (χ1v) is 10.3. The van der Waals surface area contributed by atoms with Gasteiger partial charge < -0.3 is 10.2 Å². The normalized spacial score (nSPS) is 15.6. The van der Waals surface area contributed by atoms with Gasteiger partial charge in [-0.3, -0.25) is 19.9 Å². The lowest BCUT2D eigenvalue weighted by atomic mass is 9.90. The van der Waals surface area contributed by atoms with Crippen molar-refractivity contribution in [1.29, 1.82) is 0 Å². The summed E-state index contributed by atoms with van der Waals surface area (Å²) in [6.45, 7) is 2.81. The molecule has 0 saturated carbocycles. The topological polar surface area (TPSA) is 87.8 Å². The summed E-state index contributed by atoms with van der Waals surface area (Å²) in [6, 6.07) is 20.1. The Hall–Kier alpha value is -3.84. The molecule has 3 aromatic carbocycles. The second-order valence-electron chi connectivity index (χ2n) is 8.22. The molecule has 3 aromatic rings. The van der Waals surface area contributed by atoms with Crippen molar-refractivity contribution in [2.24, 2.45) is 4.99 Å². The maximum atomic E-state index is 13.0. The molecule has 1 heterocycles. The molecule has 7 heteroatoms. The first-order chi connectivity index (χ1) is 15.3. The van der Waals surface area contributed by atoms with E-state index in [1.165, 1.54) is 12.1 Å². The van der Waals surface area contributed by atoms with Crippen LogP contribution in [-0.4, -0.2) is 35.5 Å². The number of nitro groups is 1. The summed E-state index contributed by atoms with van der Waals surface area (Å²) < 4.78 is 0. The number of non-ortho nitro benzene ring substituents is 1. The zero-order valence-corrected chi connectivity index (χ0v) is 18.2. The number of hydrogen-bond donors (Lipinski definition) is 1. The smallest absolute Gasteiger partial charge is 0.269 e. The van der Waals surface area contributed by atoms with Crippen LogP contribution in [0.25, 0.3) is 0 Å². The van der Waals surface area contributed by atoms with Crippen molar-refractivity contribution in [2.75, 3.05) is 19.4 Å². The third kappa shape index (κ3) is 4.43. The summed E-state index contributed by atoms with van der Waals surface area (Å²) in [6.07, 6.45) is 0. The van der Waals surface area contributed by atoms with E-state index in [0.717, 1.165) is 28.9 Å². The maximum absolute atomic E-state index is 13.0. The molecule has 4 rings (SSSR count). The van der Waals surface area contributed by atoms with Crippen molar-refractivity contribution in [3.05, 3.63) is 99.1 Å².